The summed E-state index contributed by atoms with van der Waals surface area (Å²) in [7, 11) is 0. The lowest BCUT2D eigenvalue weighted by Gasteiger charge is -2.26. The fourth-order valence-corrected chi connectivity index (χ4v) is 3.22. The first kappa shape index (κ1) is 19.2. The summed E-state index contributed by atoms with van der Waals surface area (Å²) in [6, 6.07) is 9.17. The number of carbonyl (C=O) groups is 1. The van der Waals surface area contributed by atoms with Crippen LogP contribution in [-0.2, 0) is 11.2 Å². The maximum absolute atomic E-state index is 13.0. The fourth-order valence-electron chi connectivity index (χ4n) is 3.22. The van der Waals surface area contributed by atoms with Crippen LogP contribution in [0.5, 0.6) is 0 Å². The Morgan fingerprint density at radius 3 is 2.52 bits per heavy atom. The van der Waals surface area contributed by atoms with E-state index in [1.54, 1.807) is 0 Å². The molecule has 25 heavy (non-hydrogen) atoms. The Balaban J connectivity index is 1.80. The van der Waals surface area contributed by atoms with Gasteiger partial charge in [-0.3, -0.25) is 0 Å². The number of hydrogen-bond acceptors (Lipinski definition) is 3. The molecule has 1 saturated carbocycles. The van der Waals surface area contributed by atoms with Crippen LogP contribution in [0.4, 0.5) is 4.39 Å². The largest absolute Gasteiger partial charge is 0.459 e. The molecule has 1 fully saturated rings. The molecule has 1 aromatic rings. The maximum Gasteiger partial charge on any atom is 0.338 e. The van der Waals surface area contributed by atoms with Gasteiger partial charge in [-0.25, -0.2) is 4.79 Å². The molecule has 0 saturated heterocycles. The van der Waals surface area contributed by atoms with Gasteiger partial charge in [0.05, 0.1) is 5.56 Å². The van der Waals surface area contributed by atoms with Crippen LogP contribution in [0.2, 0.25) is 0 Å². The lowest BCUT2D eigenvalue weighted by atomic mass is 9.87. The molecule has 0 aromatic heterocycles. The van der Waals surface area contributed by atoms with E-state index in [0.29, 0.717) is 18.4 Å². The van der Waals surface area contributed by atoms with E-state index in [0.717, 1.165) is 19.3 Å². The number of aryl methyl sites for hydroxylation is 1. The number of rotatable bonds is 7. The maximum atomic E-state index is 13.0. The van der Waals surface area contributed by atoms with Gasteiger partial charge in [0.25, 0.3) is 0 Å². The highest BCUT2D eigenvalue weighted by atomic mass is 19.1. The lowest BCUT2D eigenvalue weighted by Crippen LogP contribution is -2.24. The first-order valence-electron chi connectivity index (χ1n) is 9.19. The summed E-state index contributed by atoms with van der Waals surface area (Å²) < 4.78 is 18.6. The number of carbonyl (C=O) groups excluding carboxylic acids is 1. The Hall–Kier alpha value is -2.15. The minimum absolute atomic E-state index is 0.0667. The van der Waals surface area contributed by atoms with Crippen molar-refractivity contribution >= 4 is 5.97 Å². The summed E-state index contributed by atoms with van der Waals surface area (Å²) in [5, 5.41) is 8.48. The summed E-state index contributed by atoms with van der Waals surface area (Å²) in [6.45, 7) is 2.18. The summed E-state index contributed by atoms with van der Waals surface area (Å²) in [6.07, 6.45) is 8.80. The van der Waals surface area contributed by atoms with Crippen molar-refractivity contribution in [2.24, 2.45) is 5.92 Å². The van der Waals surface area contributed by atoms with Crippen LogP contribution in [0.1, 0.15) is 67.8 Å². The van der Waals surface area contributed by atoms with Gasteiger partial charge < -0.3 is 4.74 Å². The van der Waals surface area contributed by atoms with E-state index < -0.39 is 5.83 Å². The Labute approximate surface area is 149 Å². The predicted octanol–water partition coefficient (Wildman–Crippen LogP) is 5.51. The van der Waals surface area contributed by atoms with Gasteiger partial charge in [0, 0.05) is 0 Å². The zero-order valence-corrected chi connectivity index (χ0v) is 14.8. The molecule has 4 heteroatoms. The number of hydrogen-bond donors (Lipinski definition) is 0. The van der Waals surface area contributed by atoms with E-state index in [1.807, 2.05) is 24.3 Å². The van der Waals surface area contributed by atoms with Crippen molar-refractivity contribution in [1.82, 2.24) is 0 Å². The molecule has 0 unspecified atom stereocenters. The van der Waals surface area contributed by atoms with E-state index in [1.165, 1.54) is 37.0 Å². The molecule has 0 spiro atoms. The van der Waals surface area contributed by atoms with Crippen LogP contribution < -0.4 is 0 Å². The van der Waals surface area contributed by atoms with Crippen molar-refractivity contribution in [3.63, 3.8) is 0 Å². The summed E-state index contributed by atoms with van der Waals surface area (Å²) in [4.78, 5) is 12.3. The molecule has 0 aliphatic heterocycles. The topological polar surface area (TPSA) is 50.1 Å². The lowest BCUT2D eigenvalue weighted by molar-refractivity contribution is 0.0184. The van der Waals surface area contributed by atoms with Crippen molar-refractivity contribution < 1.29 is 13.9 Å². The van der Waals surface area contributed by atoms with Gasteiger partial charge in [-0.1, -0.05) is 31.9 Å². The van der Waals surface area contributed by atoms with Gasteiger partial charge >= 0.3 is 5.97 Å². The summed E-state index contributed by atoms with van der Waals surface area (Å²) in [5.41, 5.74) is 1.83. The second kappa shape index (κ2) is 9.98. The standard InChI is InChI=1S/C21H26FNO2/c1-2-3-4-5-16-6-10-18(11-7-16)21(24)25-20-12-8-17(9-13-20)14-19(22)15-23/h6-7,10-11,14,17,20H,2-5,8-9,12-13H2,1H3/b19-14+. The molecule has 1 aliphatic rings. The second-order valence-corrected chi connectivity index (χ2v) is 6.72. The third-order valence-electron chi connectivity index (χ3n) is 4.74. The monoisotopic (exact) mass is 343 g/mol. The van der Waals surface area contributed by atoms with Gasteiger partial charge in [0.1, 0.15) is 12.2 Å². The van der Waals surface area contributed by atoms with E-state index >= 15 is 0 Å². The highest BCUT2D eigenvalue weighted by Crippen LogP contribution is 2.28. The number of nitrogens with zero attached hydrogens (tertiary/aromatic N) is 1. The van der Waals surface area contributed by atoms with Crippen LogP contribution in [0.25, 0.3) is 0 Å². The number of benzene rings is 1. The number of allylic oxidation sites excluding steroid dienone is 2. The Kier molecular flexibility index (Phi) is 7.66. The van der Waals surface area contributed by atoms with Crippen LogP contribution in [0, 0.1) is 17.2 Å². The van der Waals surface area contributed by atoms with Gasteiger partial charge in [-0.05, 0) is 68.2 Å². The normalized spacial score (nSPS) is 20.8. The first-order valence-corrected chi connectivity index (χ1v) is 9.19. The van der Waals surface area contributed by atoms with Gasteiger partial charge in [0.2, 0.25) is 0 Å². The number of esters is 1. The van der Waals surface area contributed by atoms with Crippen LogP contribution in [0.15, 0.2) is 36.2 Å². The minimum Gasteiger partial charge on any atom is -0.459 e. The van der Waals surface area contributed by atoms with Gasteiger partial charge in [0.15, 0.2) is 5.83 Å². The number of nitriles is 1. The molecule has 0 amide bonds. The molecule has 1 aliphatic carbocycles. The average molecular weight is 343 g/mol. The number of halogens is 1. The van der Waals surface area contributed by atoms with Crippen molar-refractivity contribution in [1.29, 1.82) is 5.26 Å². The molecule has 2 rings (SSSR count). The van der Waals surface area contributed by atoms with Crippen molar-refractivity contribution in [2.75, 3.05) is 0 Å². The Morgan fingerprint density at radius 2 is 1.92 bits per heavy atom. The quantitative estimate of drug-likeness (QED) is 0.372. The molecule has 0 N–H and O–H groups in total. The molecular formula is C21H26FNO2. The molecule has 0 atom stereocenters. The van der Waals surface area contributed by atoms with Gasteiger partial charge in [-0.2, -0.15) is 9.65 Å². The van der Waals surface area contributed by atoms with E-state index in [-0.39, 0.29) is 18.0 Å². The van der Waals surface area contributed by atoms with Crippen molar-refractivity contribution in [2.45, 2.75) is 64.4 Å². The molecule has 0 radical (unpaired) electrons. The molecular weight excluding hydrogens is 317 g/mol. The smallest absolute Gasteiger partial charge is 0.338 e. The summed E-state index contributed by atoms with van der Waals surface area (Å²) >= 11 is 0. The van der Waals surface area contributed by atoms with Crippen LogP contribution in [-0.4, -0.2) is 12.1 Å². The zero-order chi connectivity index (χ0) is 18.1. The van der Waals surface area contributed by atoms with E-state index in [4.69, 9.17) is 10.00 Å². The van der Waals surface area contributed by atoms with Crippen molar-refractivity contribution in [3.05, 3.63) is 47.3 Å². The third-order valence-corrected chi connectivity index (χ3v) is 4.74. The number of ether oxygens (including phenoxy) is 1. The second-order valence-electron chi connectivity index (χ2n) is 6.72. The molecule has 1 aromatic carbocycles. The zero-order valence-electron chi connectivity index (χ0n) is 14.8. The highest BCUT2D eigenvalue weighted by molar-refractivity contribution is 5.89. The van der Waals surface area contributed by atoms with Crippen LogP contribution in [0.3, 0.4) is 0 Å². The molecule has 134 valence electrons. The number of unbranched alkanes of at least 4 members (excludes halogenated alkanes) is 2. The Bertz CT molecular complexity index is 622. The molecule has 0 heterocycles. The highest BCUT2D eigenvalue weighted by Gasteiger charge is 2.23. The van der Waals surface area contributed by atoms with E-state index in [2.05, 4.69) is 6.92 Å². The molecule has 3 nitrogen and oxygen atoms in total. The summed E-state index contributed by atoms with van der Waals surface area (Å²) in [5.74, 6) is -0.946. The molecule has 0 bridgehead atoms. The van der Waals surface area contributed by atoms with E-state index in [9.17, 15) is 9.18 Å². The van der Waals surface area contributed by atoms with Crippen molar-refractivity contribution in [3.8, 4) is 6.07 Å². The Morgan fingerprint density at radius 1 is 1.24 bits per heavy atom. The SMILES string of the molecule is CCCCCc1ccc(C(=O)OC2CCC(/C=C(/F)C#N)CC2)cc1. The third kappa shape index (κ3) is 6.34. The predicted molar refractivity (Wildman–Crippen MR) is 95.6 cm³/mol. The first-order chi connectivity index (χ1) is 12.1. The average Bonchev–Trinajstić information content (AvgIpc) is 2.64. The fraction of sp³-hybridized carbons (Fsp3) is 0.524. The van der Waals surface area contributed by atoms with Gasteiger partial charge in [-0.15, -0.1) is 0 Å². The minimum atomic E-state index is -0.723. The van der Waals surface area contributed by atoms with Crippen LogP contribution >= 0.6 is 0 Å².